The Morgan fingerprint density at radius 2 is 2.06 bits per heavy atom. The molecule has 8 heteroatoms. The van der Waals surface area contributed by atoms with Gasteiger partial charge in [0.2, 0.25) is 5.91 Å². The van der Waals surface area contributed by atoms with Crippen molar-refractivity contribution in [3.63, 3.8) is 0 Å². The molecule has 0 saturated carbocycles. The average molecular weight is 257 g/mol. The normalized spacial score (nSPS) is 18.9. The Hall–Kier alpha value is -1.96. The fraction of sp³-hybridized carbons (Fsp3) is 0.600. The number of aliphatic hydroxyl groups excluding tert-OH is 1. The molecule has 18 heavy (non-hydrogen) atoms. The molecule has 0 bridgehead atoms. The van der Waals surface area contributed by atoms with Crippen LogP contribution in [0.25, 0.3) is 0 Å². The van der Waals surface area contributed by atoms with E-state index in [1.165, 1.54) is 14.0 Å². The number of hydrogen-bond donors (Lipinski definition) is 3. The minimum absolute atomic E-state index is 0.0731. The summed E-state index contributed by atoms with van der Waals surface area (Å²) in [6.45, 7) is 1.26. The summed E-state index contributed by atoms with van der Waals surface area (Å²) < 4.78 is 0. The van der Waals surface area contributed by atoms with E-state index >= 15 is 0 Å². The number of amides is 2. The summed E-state index contributed by atoms with van der Waals surface area (Å²) in [4.78, 5) is 33.7. The summed E-state index contributed by atoms with van der Waals surface area (Å²) in [6.07, 6.45) is -0.925. The molecular formula is C10H15N3O5. The van der Waals surface area contributed by atoms with Crippen molar-refractivity contribution >= 4 is 23.5 Å². The first-order valence-electron chi connectivity index (χ1n) is 5.38. The lowest BCUT2D eigenvalue weighted by Gasteiger charge is -2.21. The Bertz CT molecular complexity index is 404. The van der Waals surface area contributed by atoms with Gasteiger partial charge in [-0.05, 0) is 6.92 Å². The first kappa shape index (κ1) is 14.1. The zero-order valence-corrected chi connectivity index (χ0v) is 10.1. The van der Waals surface area contributed by atoms with Gasteiger partial charge in [0.25, 0.3) is 5.91 Å². The molecule has 0 saturated heterocycles. The molecule has 0 aromatic rings. The van der Waals surface area contributed by atoms with Gasteiger partial charge in [0.05, 0.1) is 6.10 Å². The third kappa shape index (κ3) is 3.27. The van der Waals surface area contributed by atoms with Crippen LogP contribution in [0, 0.1) is 0 Å². The highest BCUT2D eigenvalue weighted by Gasteiger charge is 2.28. The van der Waals surface area contributed by atoms with E-state index < -0.39 is 24.0 Å². The lowest BCUT2D eigenvalue weighted by atomic mass is 10.1. The van der Waals surface area contributed by atoms with Gasteiger partial charge in [-0.25, -0.2) is 9.80 Å². The summed E-state index contributed by atoms with van der Waals surface area (Å²) in [5.74, 6) is -2.24. The highest BCUT2D eigenvalue weighted by molar-refractivity contribution is 6.39. The largest absolute Gasteiger partial charge is 0.480 e. The molecule has 1 heterocycles. The summed E-state index contributed by atoms with van der Waals surface area (Å²) >= 11 is 0. The molecule has 2 amide bonds. The second kappa shape index (κ2) is 5.58. The maximum Gasteiger partial charge on any atom is 0.328 e. The van der Waals surface area contributed by atoms with Gasteiger partial charge >= 0.3 is 5.97 Å². The Morgan fingerprint density at radius 3 is 2.50 bits per heavy atom. The Balaban J connectivity index is 2.74. The number of hydrogen-bond acceptors (Lipinski definition) is 5. The van der Waals surface area contributed by atoms with Crippen LogP contribution >= 0.6 is 0 Å². The monoisotopic (exact) mass is 257 g/mol. The van der Waals surface area contributed by atoms with Crippen LogP contribution in [0.3, 0.4) is 0 Å². The third-order valence-corrected chi connectivity index (χ3v) is 2.50. The van der Waals surface area contributed by atoms with E-state index in [0.717, 1.165) is 5.01 Å². The van der Waals surface area contributed by atoms with Crippen LogP contribution < -0.4 is 5.32 Å². The molecule has 100 valence electrons. The first-order valence-corrected chi connectivity index (χ1v) is 5.38. The predicted molar refractivity (Wildman–Crippen MR) is 60.7 cm³/mol. The minimum Gasteiger partial charge on any atom is -0.480 e. The van der Waals surface area contributed by atoms with Crippen LogP contribution in [-0.2, 0) is 14.4 Å². The van der Waals surface area contributed by atoms with Crippen molar-refractivity contribution in [1.82, 2.24) is 10.3 Å². The van der Waals surface area contributed by atoms with E-state index in [0.29, 0.717) is 0 Å². The number of carbonyl (C=O) groups is 3. The van der Waals surface area contributed by atoms with Crippen molar-refractivity contribution < 1.29 is 24.6 Å². The van der Waals surface area contributed by atoms with E-state index in [1.807, 2.05) is 0 Å². The molecule has 2 unspecified atom stereocenters. The lowest BCUT2D eigenvalue weighted by Crippen LogP contribution is -2.50. The van der Waals surface area contributed by atoms with Crippen molar-refractivity contribution in [2.24, 2.45) is 5.10 Å². The van der Waals surface area contributed by atoms with Crippen LogP contribution in [0.1, 0.15) is 19.8 Å². The van der Waals surface area contributed by atoms with Gasteiger partial charge in [-0.2, -0.15) is 5.10 Å². The van der Waals surface area contributed by atoms with E-state index in [9.17, 15) is 19.5 Å². The van der Waals surface area contributed by atoms with Crippen LogP contribution in [0.15, 0.2) is 5.10 Å². The van der Waals surface area contributed by atoms with Gasteiger partial charge in [-0.1, -0.05) is 0 Å². The Kier molecular flexibility index (Phi) is 4.38. The van der Waals surface area contributed by atoms with E-state index in [1.54, 1.807) is 0 Å². The molecule has 1 aliphatic heterocycles. The quantitative estimate of drug-likeness (QED) is 0.569. The smallest absolute Gasteiger partial charge is 0.328 e. The molecule has 0 spiro atoms. The molecule has 0 aliphatic carbocycles. The summed E-state index contributed by atoms with van der Waals surface area (Å²) in [5, 5.41) is 25.0. The third-order valence-electron chi connectivity index (χ3n) is 2.50. The molecule has 0 aromatic carbocycles. The van der Waals surface area contributed by atoms with Gasteiger partial charge in [-0.3, -0.25) is 9.59 Å². The van der Waals surface area contributed by atoms with E-state index in [-0.39, 0.29) is 24.5 Å². The van der Waals surface area contributed by atoms with Crippen molar-refractivity contribution in [3.05, 3.63) is 0 Å². The second-order valence-corrected chi connectivity index (χ2v) is 3.99. The number of aliphatic hydroxyl groups is 1. The van der Waals surface area contributed by atoms with Gasteiger partial charge in [0, 0.05) is 19.9 Å². The van der Waals surface area contributed by atoms with Crippen molar-refractivity contribution in [1.29, 1.82) is 0 Å². The molecule has 1 aliphatic rings. The molecule has 0 fully saturated rings. The second-order valence-electron chi connectivity index (χ2n) is 3.99. The highest BCUT2D eigenvalue weighted by Crippen LogP contribution is 2.07. The number of carboxylic acids is 1. The molecule has 3 N–H and O–H groups in total. The number of carboxylic acid groups (broad SMARTS) is 1. The number of carbonyl (C=O) groups excluding carboxylic acids is 2. The molecular weight excluding hydrogens is 242 g/mol. The van der Waals surface area contributed by atoms with Crippen molar-refractivity contribution in [2.45, 2.75) is 31.9 Å². The van der Waals surface area contributed by atoms with Crippen molar-refractivity contribution in [2.75, 3.05) is 7.05 Å². The molecule has 0 radical (unpaired) electrons. The van der Waals surface area contributed by atoms with E-state index in [2.05, 4.69) is 10.4 Å². The fourth-order valence-corrected chi connectivity index (χ4v) is 1.45. The van der Waals surface area contributed by atoms with Gasteiger partial charge in [0.15, 0.2) is 6.04 Å². The average Bonchev–Trinajstić information content (AvgIpc) is 2.28. The number of rotatable bonds is 4. The highest BCUT2D eigenvalue weighted by atomic mass is 16.4. The van der Waals surface area contributed by atoms with Crippen LogP contribution in [0.2, 0.25) is 0 Å². The topological polar surface area (TPSA) is 119 Å². The van der Waals surface area contributed by atoms with Crippen LogP contribution in [-0.4, -0.2) is 57.9 Å². The van der Waals surface area contributed by atoms with Crippen LogP contribution in [0.4, 0.5) is 0 Å². The fourth-order valence-electron chi connectivity index (χ4n) is 1.45. The van der Waals surface area contributed by atoms with E-state index in [4.69, 9.17) is 5.11 Å². The summed E-state index contributed by atoms with van der Waals surface area (Å²) in [6, 6.07) is -1.40. The predicted octanol–water partition coefficient (Wildman–Crippen LogP) is -1.46. The maximum atomic E-state index is 11.7. The Labute approximate surface area is 103 Å². The van der Waals surface area contributed by atoms with Crippen LogP contribution in [0.5, 0.6) is 0 Å². The van der Waals surface area contributed by atoms with Gasteiger partial charge < -0.3 is 15.5 Å². The maximum absolute atomic E-state index is 11.7. The molecule has 8 nitrogen and oxygen atoms in total. The molecule has 1 rings (SSSR count). The Morgan fingerprint density at radius 1 is 1.44 bits per heavy atom. The number of nitrogens with zero attached hydrogens (tertiary/aromatic N) is 2. The lowest BCUT2D eigenvalue weighted by molar-refractivity contribution is -0.144. The number of hydrazone groups is 1. The standard InChI is InChI=1S/C10H15N3O5/c1-5(14)8(10(17)18)11-9(16)6-3-4-7(15)13(2)12-6/h5,8,14H,3-4H2,1-2H3,(H,11,16)(H,17,18). The molecule has 0 aromatic heterocycles. The van der Waals surface area contributed by atoms with Gasteiger partial charge in [-0.15, -0.1) is 0 Å². The summed E-state index contributed by atoms with van der Waals surface area (Å²) in [5.41, 5.74) is 0.0731. The zero-order valence-electron chi connectivity index (χ0n) is 10.1. The zero-order chi connectivity index (χ0) is 13.9. The van der Waals surface area contributed by atoms with Gasteiger partial charge in [0.1, 0.15) is 5.71 Å². The number of aliphatic carboxylic acids is 1. The SMILES string of the molecule is CC(O)C(NC(=O)C1=NN(C)C(=O)CC1)C(=O)O. The summed E-state index contributed by atoms with van der Waals surface area (Å²) in [7, 11) is 1.41. The number of nitrogens with one attached hydrogen (secondary N) is 1. The van der Waals surface area contributed by atoms with Crippen molar-refractivity contribution in [3.8, 4) is 0 Å². The minimum atomic E-state index is -1.40. The first-order chi connectivity index (χ1) is 8.32. The molecule has 2 atom stereocenters.